The van der Waals surface area contributed by atoms with Crippen LogP contribution in [-0.2, 0) is 11.3 Å². The van der Waals surface area contributed by atoms with E-state index in [1.54, 1.807) is 0 Å². The van der Waals surface area contributed by atoms with E-state index in [1.165, 1.54) is 5.56 Å². The molecule has 0 atom stereocenters. The molecule has 3 rings (SSSR count). The molecular formula is C16H22N2O. The second kappa shape index (κ2) is 5.33. The highest BCUT2D eigenvalue weighted by molar-refractivity contribution is 5.83. The molecule has 0 radical (unpaired) electrons. The maximum atomic E-state index is 12.1. The second-order valence-corrected chi connectivity index (χ2v) is 5.90. The summed E-state index contributed by atoms with van der Waals surface area (Å²) < 4.78 is 0. The molecule has 3 nitrogen and oxygen atoms in total. The third-order valence-corrected chi connectivity index (χ3v) is 4.66. The van der Waals surface area contributed by atoms with Crippen LogP contribution in [0, 0.1) is 5.41 Å². The van der Waals surface area contributed by atoms with Crippen LogP contribution in [0.5, 0.6) is 0 Å². The SMILES string of the molecule is O=C1NCCCC12CCN(Cc1ccccc1)CC2. The van der Waals surface area contributed by atoms with Gasteiger partial charge in [0.2, 0.25) is 5.91 Å². The number of carbonyl (C=O) groups excluding carboxylic acids is 1. The van der Waals surface area contributed by atoms with Crippen LogP contribution in [0.25, 0.3) is 0 Å². The van der Waals surface area contributed by atoms with E-state index in [0.717, 1.165) is 51.9 Å². The Labute approximate surface area is 115 Å². The first-order valence-corrected chi connectivity index (χ1v) is 7.33. The molecule has 0 aromatic heterocycles. The highest BCUT2D eigenvalue weighted by Crippen LogP contribution is 2.38. The van der Waals surface area contributed by atoms with Gasteiger partial charge in [-0.15, -0.1) is 0 Å². The minimum atomic E-state index is -0.0502. The van der Waals surface area contributed by atoms with Gasteiger partial charge in [-0.3, -0.25) is 9.69 Å². The molecule has 1 N–H and O–H groups in total. The van der Waals surface area contributed by atoms with Crippen molar-refractivity contribution in [2.45, 2.75) is 32.2 Å². The van der Waals surface area contributed by atoms with E-state index in [0.29, 0.717) is 5.91 Å². The van der Waals surface area contributed by atoms with Gasteiger partial charge in [-0.2, -0.15) is 0 Å². The molecule has 1 spiro atoms. The molecule has 0 aliphatic carbocycles. The summed E-state index contributed by atoms with van der Waals surface area (Å²) in [6.07, 6.45) is 4.26. The zero-order valence-electron chi connectivity index (χ0n) is 11.4. The van der Waals surface area contributed by atoms with Crippen molar-refractivity contribution in [1.82, 2.24) is 10.2 Å². The number of benzene rings is 1. The first kappa shape index (κ1) is 12.7. The normalized spacial score (nSPS) is 23.3. The Hall–Kier alpha value is -1.35. The number of nitrogens with zero attached hydrogens (tertiary/aromatic N) is 1. The van der Waals surface area contributed by atoms with Crippen molar-refractivity contribution < 1.29 is 4.79 Å². The number of hydrogen-bond acceptors (Lipinski definition) is 2. The molecule has 1 aromatic rings. The summed E-state index contributed by atoms with van der Waals surface area (Å²) in [7, 11) is 0. The van der Waals surface area contributed by atoms with Crippen LogP contribution in [0.3, 0.4) is 0 Å². The van der Waals surface area contributed by atoms with Crippen molar-refractivity contribution in [2.24, 2.45) is 5.41 Å². The van der Waals surface area contributed by atoms with Gasteiger partial charge in [0.25, 0.3) is 0 Å². The quantitative estimate of drug-likeness (QED) is 0.882. The standard InChI is InChI=1S/C16H22N2O/c19-15-16(7-4-10-17-15)8-11-18(12-9-16)13-14-5-2-1-3-6-14/h1-3,5-6H,4,7-13H2,(H,17,19). The summed E-state index contributed by atoms with van der Waals surface area (Å²) in [5.41, 5.74) is 1.32. The van der Waals surface area contributed by atoms with E-state index in [2.05, 4.69) is 40.5 Å². The largest absolute Gasteiger partial charge is 0.356 e. The van der Waals surface area contributed by atoms with Crippen molar-refractivity contribution in [2.75, 3.05) is 19.6 Å². The van der Waals surface area contributed by atoms with Crippen molar-refractivity contribution in [3.8, 4) is 0 Å². The van der Waals surface area contributed by atoms with E-state index >= 15 is 0 Å². The molecule has 1 amide bonds. The Bertz CT molecular complexity index is 435. The Kier molecular flexibility index (Phi) is 3.56. The van der Waals surface area contributed by atoms with Gasteiger partial charge in [-0.25, -0.2) is 0 Å². The number of rotatable bonds is 2. The monoisotopic (exact) mass is 258 g/mol. The molecule has 2 saturated heterocycles. The average Bonchev–Trinajstić information content (AvgIpc) is 2.46. The minimum absolute atomic E-state index is 0.0502. The van der Waals surface area contributed by atoms with E-state index in [9.17, 15) is 4.79 Å². The van der Waals surface area contributed by atoms with Crippen LogP contribution in [-0.4, -0.2) is 30.4 Å². The van der Waals surface area contributed by atoms with Crippen molar-refractivity contribution in [3.05, 3.63) is 35.9 Å². The number of carbonyl (C=O) groups is 1. The fourth-order valence-corrected chi connectivity index (χ4v) is 3.39. The summed E-state index contributed by atoms with van der Waals surface area (Å²) in [5.74, 6) is 0.304. The molecule has 2 heterocycles. The third-order valence-electron chi connectivity index (χ3n) is 4.66. The third kappa shape index (κ3) is 2.66. The highest BCUT2D eigenvalue weighted by Gasteiger charge is 2.42. The number of piperidine rings is 2. The first-order valence-electron chi connectivity index (χ1n) is 7.33. The predicted molar refractivity (Wildman–Crippen MR) is 75.6 cm³/mol. The van der Waals surface area contributed by atoms with Gasteiger partial charge in [0.15, 0.2) is 0 Å². The molecule has 2 fully saturated rings. The summed E-state index contributed by atoms with van der Waals surface area (Å²) >= 11 is 0. The molecule has 102 valence electrons. The maximum absolute atomic E-state index is 12.1. The van der Waals surface area contributed by atoms with Crippen LogP contribution in [0.4, 0.5) is 0 Å². The van der Waals surface area contributed by atoms with Crippen LogP contribution >= 0.6 is 0 Å². The van der Waals surface area contributed by atoms with Gasteiger partial charge < -0.3 is 5.32 Å². The Morgan fingerprint density at radius 3 is 2.53 bits per heavy atom. The lowest BCUT2D eigenvalue weighted by Crippen LogP contribution is -2.51. The molecule has 19 heavy (non-hydrogen) atoms. The zero-order chi connectivity index (χ0) is 13.1. The number of nitrogens with one attached hydrogen (secondary N) is 1. The molecule has 0 bridgehead atoms. The summed E-state index contributed by atoms with van der Waals surface area (Å²) in [4.78, 5) is 14.6. The number of likely N-dealkylation sites (tertiary alicyclic amines) is 1. The van der Waals surface area contributed by atoms with Gasteiger partial charge >= 0.3 is 0 Å². The van der Waals surface area contributed by atoms with Gasteiger partial charge in [0.1, 0.15) is 0 Å². The highest BCUT2D eigenvalue weighted by atomic mass is 16.2. The van der Waals surface area contributed by atoms with Crippen LogP contribution in [0.2, 0.25) is 0 Å². The predicted octanol–water partition coefficient (Wildman–Crippen LogP) is 2.18. The molecule has 1 aromatic carbocycles. The van der Waals surface area contributed by atoms with Crippen LogP contribution < -0.4 is 5.32 Å². The molecule has 0 saturated carbocycles. The molecule has 2 aliphatic heterocycles. The molecule has 0 unspecified atom stereocenters. The van der Waals surface area contributed by atoms with Crippen molar-refractivity contribution in [3.63, 3.8) is 0 Å². The second-order valence-electron chi connectivity index (χ2n) is 5.90. The topological polar surface area (TPSA) is 32.3 Å². The van der Waals surface area contributed by atoms with E-state index < -0.39 is 0 Å². The van der Waals surface area contributed by atoms with Gasteiger partial charge in [0, 0.05) is 13.1 Å². The Morgan fingerprint density at radius 2 is 1.84 bits per heavy atom. The maximum Gasteiger partial charge on any atom is 0.226 e. The lowest BCUT2D eigenvalue weighted by molar-refractivity contribution is -0.136. The van der Waals surface area contributed by atoms with E-state index in [-0.39, 0.29) is 5.41 Å². The van der Waals surface area contributed by atoms with E-state index in [1.807, 2.05) is 0 Å². The number of amides is 1. The fraction of sp³-hybridized carbons (Fsp3) is 0.562. The van der Waals surface area contributed by atoms with Crippen molar-refractivity contribution >= 4 is 5.91 Å². The number of hydrogen-bond donors (Lipinski definition) is 1. The van der Waals surface area contributed by atoms with Gasteiger partial charge in [-0.1, -0.05) is 30.3 Å². The summed E-state index contributed by atoms with van der Waals surface area (Å²) in [6.45, 7) is 3.97. The van der Waals surface area contributed by atoms with Gasteiger partial charge in [0.05, 0.1) is 5.41 Å². The smallest absolute Gasteiger partial charge is 0.226 e. The van der Waals surface area contributed by atoms with Crippen molar-refractivity contribution in [1.29, 1.82) is 0 Å². The van der Waals surface area contributed by atoms with Crippen LogP contribution in [0.15, 0.2) is 30.3 Å². The summed E-state index contributed by atoms with van der Waals surface area (Å²) in [6, 6.07) is 10.6. The lowest BCUT2D eigenvalue weighted by atomic mass is 9.72. The Morgan fingerprint density at radius 1 is 1.11 bits per heavy atom. The first-order chi connectivity index (χ1) is 9.28. The Balaban J connectivity index is 1.59. The molecule has 2 aliphatic rings. The van der Waals surface area contributed by atoms with E-state index in [4.69, 9.17) is 0 Å². The average molecular weight is 258 g/mol. The lowest BCUT2D eigenvalue weighted by Gasteiger charge is -2.42. The molecule has 3 heteroatoms. The summed E-state index contributed by atoms with van der Waals surface area (Å²) in [5, 5.41) is 3.05. The zero-order valence-corrected chi connectivity index (χ0v) is 11.4. The van der Waals surface area contributed by atoms with Crippen LogP contribution in [0.1, 0.15) is 31.2 Å². The minimum Gasteiger partial charge on any atom is -0.356 e. The fourth-order valence-electron chi connectivity index (χ4n) is 3.39. The van der Waals surface area contributed by atoms with Gasteiger partial charge in [-0.05, 0) is 44.3 Å². The molecular weight excluding hydrogens is 236 g/mol.